The van der Waals surface area contributed by atoms with Crippen molar-refractivity contribution in [3.8, 4) is 0 Å². The maximum absolute atomic E-state index is 12.5. The third kappa shape index (κ3) is 5.92. The van der Waals surface area contributed by atoms with Gasteiger partial charge in [-0.2, -0.15) is 0 Å². The minimum absolute atomic E-state index is 0. The van der Waals surface area contributed by atoms with Crippen LogP contribution >= 0.6 is 24.8 Å². The molecule has 2 atom stereocenters. The van der Waals surface area contributed by atoms with Gasteiger partial charge in [0.2, 0.25) is 5.91 Å². The maximum Gasteiger partial charge on any atom is 0.256 e. The van der Waals surface area contributed by atoms with Gasteiger partial charge in [0.15, 0.2) is 0 Å². The molecule has 1 aliphatic rings. The minimum Gasteiger partial charge on any atom is -0.325 e. The van der Waals surface area contributed by atoms with Crippen LogP contribution in [0.5, 0.6) is 0 Å². The van der Waals surface area contributed by atoms with Gasteiger partial charge in [0.05, 0.1) is 17.8 Å². The molecule has 1 aliphatic carbocycles. The molecular formula is C20H26Cl2N4O2. The summed E-state index contributed by atoms with van der Waals surface area (Å²) in [4.78, 5) is 28.9. The van der Waals surface area contributed by atoms with Gasteiger partial charge >= 0.3 is 0 Å². The number of carbonyl (C=O) groups excluding carboxylic acids is 2. The van der Waals surface area contributed by atoms with E-state index < -0.39 is 5.54 Å². The lowest BCUT2D eigenvalue weighted by atomic mass is 9.74. The van der Waals surface area contributed by atoms with Crippen molar-refractivity contribution in [1.29, 1.82) is 0 Å². The van der Waals surface area contributed by atoms with Crippen LogP contribution in [0.2, 0.25) is 0 Å². The van der Waals surface area contributed by atoms with E-state index >= 15 is 0 Å². The molecule has 8 heteroatoms. The predicted molar refractivity (Wildman–Crippen MR) is 116 cm³/mol. The molecule has 2 aromatic rings. The molecule has 0 bridgehead atoms. The average molecular weight is 425 g/mol. The van der Waals surface area contributed by atoms with E-state index in [9.17, 15) is 9.59 Å². The Labute approximate surface area is 177 Å². The van der Waals surface area contributed by atoms with Crippen LogP contribution in [-0.4, -0.2) is 22.3 Å². The highest BCUT2D eigenvalue weighted by Gasteiger charge is 2.37. The molecule has 1 heterocycles. The van der Waals surface area contributed by atoms with Crippen molar-refractivity contribution >= 4 is 48.1 Å². The summed E-state index contributed by atoms with van der Waals surface area (Å²) >= 11 is 0. The maximum atomic E-state index is 12.5. The Hall–Kier alpha value is -2.15. The molecular weight excluding hydrogens is 399 g/mol. The summed E-state index contributed by atoms with van der Waals surface area (Å²) in [6.07, 6.45) is 5.28. The fraction of sp³-hybridized carbons (Fsp3) is 0.350. The molecule has 2 unspecified atom stereocenters. The second-order valence-corrected chi connectivity index (χ2v) is 7.05. The number of anilines is 2. The minimum atomic E-state index is -0.473. The van der Waals surface area contributed by atoms with Gasteiger partial charge in [-0.25, -0.2) is 4.98 Å². The van der Waals surface area contributed by atoms with E-state index in [1.165, 1.54) is 6.20 Å². The van der Waals surface area contributed by atoms with Crippen molar-refractivity contribution < 1.29 is 9.59 Å². The van der Waals surface area contributed by atoms with Crippen molar-refractivity contribution in [3.63, 3.8) is 0 Å². The average Bonchev–Trinajstić information content (AvgIpc) is 2.63. The lowest BCUT2D eigenvalue weighted by molar-refractivity contribution is -0.122. The molecule has 1 fully saturated rings. The highest BCUT2D eigenvalue weighted by molar-refractivity contribution is 6.03. The Morgan fingerprint density at radius 3 is 2.39 bits per heavy atom. The summed E-state index contributed by atoms with van der Waals surface area (Å²) in [6, 6.07) is 12.3. The molecule has 3 rings (SSSR count). The van der Waals surface area contributed by atoms with Crippen molar-refractivity contribution in [1.82, 2.24) is 4.98 Å². The molecule has 1 aromatic heterocycles. The molecule has 1 aromatic carbocycles. The van der Waals surface area contributed by atoms with E-state index in [4.69, 9.17) is 5.73 Å². The third-order valence-corrected chi connectivity index (χ3v) is 4.88. The number of aromatic nitrogens is 1. The Kier molecular flexibility index (Phi) is 8.88. The van der Waals surface area contributed by atoms with Crippen molar-refractivity contribution in [2.75, 3.05) is 10.6 Å². The zero-order valence-corrected chi connectivity index (χ0v) is 17.3. The lowest BCUT2D eigenvalue weighted by Crippen LogP contribution is -2.51. The number of hydrogen-bond donors (Lipinski definition) is 3. The number of nitrogens with zero attached hydrogens (tertiary/aromatic N) is 1. The highest BCUT2D eigenvalue weighted by atomic mass is 35.5. The number of carbonyl (C=O) groups is 2. The fourth-order valence-electron chi connectivity index (χ4n) is 3.34. The van der Waals surface area contributed by atoms with Gasteiger partial charge in [-0.3, -0.25) is 9.59 Å². The zero-order chi connectivity index (χ0) is 18.6. The monoisotopic (exact) mass is 424 g/mol. The summed E-state index contributed by atoms with van der Waals surface area (Å²) in [6.45, 7) is 1.94. The van der Waals surface area contributed by atoms with Crippen LogP contribution in [0.25, 0.3) is 0 Å². The topological polar surface area (TPSA) is 97.1 Å². The Balaban J connectivity index is 0.00000196. The summed E-state index contributed by atoms with van der Waals surface area (Å²) in [5.74, 6) is -0.0690. The molecule has 1 saturated carbocycles. The van der Waals surface area contributed by atoms with Crippen LogP contribution in [-0.2, 0) is 4.79 Å². The van der Waals surface area contributed by atoms with Crippen molar-refractivity contribution in [3.05, 3.63) is 54.2 Å². The normalized spacial score (nSPS) is 20.9. The smallest absolute Gasteiger partial charge is 0.256 e. The number of pyridine rings is 1. The molecule has 6 nitrogen and oxygen atoms in total. The van der Waals surface area contributed by atoms with E-state index in [2.05, 4.69) is 15.6 Å². The number of benzene rings is 1. The van der Waals surface area contributed by atoms with Gasteiger partial charge in [0.25, 0.3) is 5.91 Å². The van der Waals surface area contributed by atoms with Crippen molar-refractivity contribution in [2.24, 2.45) is 11.7 Å². The Morgan fingerprint density at radius 2 is 1.79 bits per heavy atom. The lowest BCUT2D eigenvalue weighted by Gasteiger charge is -2.37. The SMILES string of the molecule is CC1(N)CCCCC1C(=O)Nc1ccc(NC(=O)c2ccccc2)nc1.Cl.Cl. The van der Waals surface area contributed by atoms with Crippen LogP contribution in [0.4, 0.5) is 11.5 Å². The first-order chi connectivity index (χ1) is 12.5. The molecule has 0 spiro atoms. The fourth-order valence-corrected chi connectivity index (χ4v) is 3.34. The largest absolute Gasteiger partial charge is 0.325 e. The van der Waals surface area contributed by atoms with E-state index in [0.29, 0.717) is 17.1 Å². The molecule has 2 amide bonds. The summed E-state index contributed by atoms with van der Waals surface area (Å²) in [5, 5.41) is 5.62. The Bertz CT molecular complexity index is 783. The number of halogens is 2. The predicted octanol–water partition coefficient (Wildman–Crippen LogP) is 4.02. The number of amides is 2. The van der Waals surface area contributed by atoms with Gasteiger partial charge in [-0.1, -0.05) is 31.0 Å². The molecule has 0 aliphatic heterocycles. The molecule has 28 heavy (non-hydrogen) atoms. The number of hydrogen-bond acceptors (Lipinski definition) is 4. The quantitative estimate of drug-likeness (QED) is 0.689. The second kappa shape index (κ2) is 10.4. The van der Waals surface area contributed by atoms with Gasteiger partial charge in [0.1, 0.15) is 5.82 Å². The van der Waals surface area contributed by atoms with E-state index in [-0.39, 0.29) is 42.5 Å². The van der Waals surface area contributed by atoms with Crippen LogP contribution in [0.3, 0.4) is 0 Å². The summed E-state index contributed by atoms with van der Waals surface area (Å²) < 4.78 is 0. The van der Waals surface area contributed by atoms with Crippen LogP contribution < -0.4 is 16.4 Å². The highest BCUT2D eigenvalue weighted by Crippen LogP contribution is 2.32. The van der Waals surface area contributed by atoms with E-state index in [1.54, 1.807) is 36.4 Å². The molecule has 0 radical (unpaired) electrons. The zero-order valence-electron chi connectivity index (χ0n) is 15.7. The molecule has 0 saturated heterocycles. The Morgan fingerprint density at radius 1 is 1.07 bits per heavy atom. The van der Waals surface area contributed by atoms with Gasteiger partial charge in [-0.05, 0) is 44.0 Å². The van der Waals surface area contributed by atoms with Gasteiger partial charge < -0.3 is 16.4 Å². The molecule has 4 N–H and O–H groups in total. The first-order valence-electron chi connectivity index (χ1n) is 8.88. The standard InChI is InChI=1S/C20H24N4O2.2ClH/c1-20(21)12-6-5-9-16(20)19(26)23-15-10-11-17(22-13-15)24-18(25)14-7-3-2-4-8-14;;/h2-4,7-8,10-11,13,16H,5-6,9,12,21H2,1H3,(H,23,26)(H,22,24,25);2*1H. The van der Waals surface area contributed by atoms with Gasteiger partial charge in [0, 0.05) is 11.1 Å². The van der Waals surface area contributed by atoms with Crippen LogP contribution in [0.1, 0.15) is 43.0 Å². The van der Waals surface area contributed by atoms with Crippen LogP contribution in [0.15, 0.2) is 48.7 Å². The van der Waals surface area contributed by atoms with Gasteiger partial charge in [-0.15, -0.1) is 24.8 Å². The molecule has 152 valence electrons. The van der Waals surface area contributed by atoms with Crippen molar-refractivity contribution in [2.45, 2.75) is 38.1 Å². The summed E-state index contributed by atoms with van der Waals surface area (Å²) in [5.41, 5.74) is 6.97. The number of nitrogens with one attached hydrogen (secondary N) is 2. The second-order valence-electron chi connectivity index (χ2n) is 7.05. The number of nitrogens with two attached hydrogens (primary N) is 1. The van der Waals surface area contributed by atoms with E-state index in [0.717, 1.165) is 25.7 Å². The van der Waals surface area contributed by atoms with E-state index in [1.807, 2.05) is 13.0 Å². The number of rotatable bonds is 4. The van der Waals surface area contributed by atoms with Crippen LogP contribution in [0, 0.1) is 5.92 Å². The first-order valence-corrected chi connectivity index (χ1v) is 8.88. The third-order valence-electron chi connectivity index (χ3n) is 4.88. The first kappa shape index (κ1) is 23.9. The summed E-state index contributed by atoms with van der Waals surface area (Å²) in [7, 11) is 0.